The molecule has 1 aromatic heterocycles. The molecule has 2 unspecified atom stereocenters. The first-order valence-electron chi connectivity index (χ1n) is 11.8. The van der Waals surface area contributed by atoms with Gasteiger partial charge in [-0.2, -0.15) is 0 Å². The zero-order chi connectivity index (χ0) is 25.9. The van der Waals surface area contributed by atoms with Crippen LogP contribution in [-0.4, -0.2) is 41.6 Å². The molecule has 3 heterocycles. The van der Waals surface area contributed by atoms with Gasteiger partial charge in [-0.25, -0.2) is 18.0 Å². The highest BCUT2D eigenvalue weighted by molar-refractivity contribution is 6.00. The highest BCUT2D eigenvalue weighted by Crippen LogP contribution is 2.55. The maximum atomic E-state index is 14.5. The third kappa shape index (κ3) is 3.41. The number of hydrogen-bond donors (Lipinski definition) is 2. The van der Waals surface area contributed by atoms with Crippen molar-refractivity contribution in [3.05, 3.63) is 100 Å². The Balaban J connectivity index is 1.51. The number of H-pyrrole nitrogens is 1. The summed E-state index contributed by atoms with van der Waals surface area (Å²) in [5.41, 5.74) is 2.10. The van der Waals surface area contributed by atoms with Crippen LogP contribution in [0.15, 0.2) is 60.7 Å². The maximum Gasteiger partial charge on any atom is 0.354 e. The molecule has 0 radical (unpaired) electrons. The predicted molar refractivity (Wildman–Crippen MR) is 131 cm³/mol. The van der Waals surface area contributed by atoms with Gasteiger partial charge in [-0.3, -0.25) is 4.79 Å². The van der Waals surface area contributed by atoms with Crippen molar-refractivity contribution in [3.63, 3.8) is 0 Å². The fraction of sp³-hybridized carbons (Fsp3) is 0.214. The van der Waals surface area contributed by atoms with E-state index in [9.17, 15) is 22.8 Å². The van der Waals surface area contributed by atoms with Gasteiger partial charge in [0.25, 0.3) is 0 Å². The highest BCUT2D eigenvalue weighted by Gasteiger charge is 2.58. The standard InChI is InChI=1S/C28H22F3N3O3/c1-37-26(36)25-24(18-13-16(29)8-9-21(18)32-25)28-10-11-34(27(28)33-22-5-3-2-4-19(22)28)23(35)12-15-6-7-17(30)14-20(15)31/h2-9,13-14,27,32-33H,10-12H2,1H3. The van der Waals surface area contributed by atoms with Crippen molar-refractivity contribution in [2.45, 2.75) is 24.4 Å². The van der Waals surface area contributed by atoms with E-state index < -0.39 is 35.0 Å². The minimum absolute atomic E-state index is 0.0869. The molecule has 37 heavy (non-hydrogen) atoms. The van der Waals surface area contributed by atoms with Gasteiger partial charge in [0, 0.05) is 34.8 Å². The number of nitrogens with one attached hydrogen (secondary N) is 2. The van der Waals surface area contributed by atoms with Crippen LogP contribution in [0.2, 0.25) is 0 Å². The van der Waals surface area contributed by atoms with Crippen LogP contribution >= 0.6 is 0 Å². The molecule has 2 atom stereocenters. The highest BCUT2D eigenvalue weighted by atomic mass is 19.1. The summed E-state index contributed by atoms with van der Waals surface area (Å²) < 4.78 is 47.3. The normalized spacial score (nSPS) is 20.0. The molecule has 0 spiro atoms. The molecule has 2 N–H and O–H groups in total. The molecule has 1 amide bonds. The number of anilines is 1. The van der Waals surface area contributed by atoms with Gasteiger partial charge in [0.15, 0.2) is 0 Å². The van der Waals surface area contributed by atoms with Gasteiger partial charge in [-0.1, -0.05) is 24.3 Å². The zero-order valence-corrected chi connectivity index (χ0v) is 19.8. The summed E-state index contributed by atoms with van der Waals surface area (Å²) in [5, 5.41) is 3.94. The Labute approximate surface area is 210 Å². The Hall–Kier alpha value is -4.27. The molecule has 0 bridgehead atoms. The van der Waals surface area contributed by atoms with E-state index in [1.807, 2.05) is 24.3 Å². The lowest BCUT2D eigenvalue weighted by atomic mass is 9.72. The maximum absolute atomic E-state index is 14.5. The summed E-state index contributed by atoms with van der Waals surface area (Å²) in [5.74, 6) is -2.94. The molecular formula is C28H22F3N3O3. The second-order valence-electron chi connectivity index (χ2n) is 9.37. The lowest BCUT2D eigenvalue weighted by molar-refractivity contribution is -0.131. The lowest BCUT2D eigenvalue weighted by Gasteiger charge is -2.33. The number of methoxy groups -OCH3 is 1. The van der Waals surface area contributed by atoms with Crippen LogP contribution in [0.3, 0.4) is 0 Å². The van der Waals surface area contributed by atoms with Crippen LogP contribution < -0.4 is 5.32 Å². The Kier molecular flexibility index (Phi) is 5.25. The van der Waals surface area contributed by atoms with Gasteiger partial charge in [0.1, 0.15) is 29.3 Å². The first-order chi connectivity index (χ1) is 17.8. The van der Waals surface area contributed by atoms with E-state index in [1.54, 1.807) is 11.0 Å². The number of hydrogen-bond acceptors (Lipinski definition) is 4. The fourth-order valence-corrected chi connectivity index (χ4v) is 5.93. The third-order valence-electron chi connectivity index (χ3n) is 7.50. The number of ether oxygens (including phenoxy) is 1. The Morgan fingerprint density at radius 3 is 2.59 bits per heavy atom. The summed E-state index contributed by atoms with van der Waals surface area (Å²) in [6.07, 6.45) is -0.470. The Bertz CT molecular complexity index is 1580. The van der Waals surface area contributed by atoms with Crippen molar-refractivity contribution in [1.82, 2.24) is 9.88 Å². The minimum atomic E-state index is -0.914. The van der Waals surface area contributed by atoms with Crippen molar-refractivity contribution in [2.75, 3.05) is 19.0 Å². The predicted octanol–water partition coefficient (Wildman–Crippen LogP) is 4.88. The smallest absolute Gasteiger partial charge is 0.354 e. The molecule has 9 heteroatoms. The molecule has 0 aliphatic carbocycles. The van der Waals surface area contributed by atoms with Gasteiger partial charge in [-0.15, -0.1) is 0 Å². The van der Waals surface area contributed by atoms with Gasteiger partial charge < -0.3 is 19.9 Å². The summed E-state index contributed by atoms with van der Waals surface area (Å²) >= 11 is 0. The van der Waals surface area contributed by atoms with Crippen LogP contribution in [0.1, 0.15) is 33.6 Å². The number of benzene rings is 3. The van der Waals surface area contributed by atoms with Crippen LogP contribution in [0.25, 0.3) is 10.9 Å². The van der Waals surface area contributed by atoms with Crippen molar-refractivity contribution in [3.8, 4) is 0 Å². The summed E-state index contributed by atoms with van der Waals surface area (Å²) in [4.78, 5) is 31.2. The molecule has 3 aromatic carbocycles. The van der Waals surface area contributed by atoms with Gasteiger partial charge in [0.2, 0.25) is 5.91 Å². The first-order valence-corrected chi connectivity index (χ1v) is 11.8. The van der Waals surface area contributed by atoms with E-state index in [4.69, 9.17) is 4.74 Å². The number of carbonyl (C=O) groups is 2. The number of esters is 1. The molecule has 6 rings (SSSR count). The van der Waals surface area contributed by atoms with E-state index in [-0.39, 0.29) is 23.6 Å². The van der Waals surface area contributed by atoms with Gasteiger partial charge in [0.05, 0.1) is 18.9 Å². The Morgan fingerprint density at radius 1 is 1.05 bits per heavy atom. The van der Waals surface area contributed by atoms with Gasteiger partial charge >= 0.3 is 5.97 Å². The SMILES string of the molecule is COC(=O)c1[nH]c2ccc(F)cc2c1C12CCN(C(=O)Cc3ccc(F)cc3F)C1Nc1ccccc12. The number of amides is 1. The van der Waals surface area contributed by atoms with Crippen molar-refractivity contribution in [1.29, 1.82) is 0 Å². The molecule has 2 aliphatic rings. The molecule has 6 nitrogen and oxygen atoms in total. The largest absolute Gasteiger partial charge is 0.464 e. The number of aromatic amines is 1. The number of carbonyl (C=O) groups excluding carboxylic acids is 2. The quantitative estimate of drug-likeness (QED) is 0.388. The van der Waals surface area contributed by atoms with E-state index in [1.165, 1.54) is 25.3 Å². The summed E-state index contributed by atoms with van der Waals surface area (Å²) in [6, 6.07) is 14.9. The van der Waals surface area contributed by atoms with Crippen molar-refractivity contribution in [2.24, 2.45) is 0 Å². The first kappa shape index (κ1) is 23.1. The van der Waals surface area contributed by atoms with E-state index in [2.05, 4.69) is 10.3 Å². The van der Waals surface area contributed by atoms with E-state index >= 15 is 0 Å². The second kappa shape index (κ2) is 8.40. The zero-order valence-electron chi connectivity index (χ0n) is 19.8. The number of halogens is 3. The van der Waals surface area contributed by atoms with E-state index in [0.29, 0.717) is 29.4 Å². The lowest BCUT2D eigenvalue weighted by Crippen LogP contribution is -2.47. The molecule has 188 valence electrons. The summed E-state index contributed by atoms with van der Waals surface area (Å²) in [7, 11) is 1.27. The average molecular weight is 505 g/mol. The number of nitrogens with zero attached hydrogens (tertiary/aromatic N) is 1. The average Bonchev–Trinajstić information content (AvgIpc) is 3.53. The topological polar surface area (TPSA) is 74.4 Å². The van der Waals surface area contributed by atoms with Crippen LogP contribution in [0.5, 0.6) is 0 Å². The van der Waals surface area contributed by atoms with E-state index in [0.717, 1.165) is 23.4 Å². The number of fused-ring (bicyclic) bond motifs is 4. The van der Waals surface area contributed by atoms with Crippen molar-refractivity contribution < 1.29 is 27.5 Å². The van der Waals surface area contributed by atoms with Crippen molar-refractivity contribution >= 4 is 28.5 Å². The molecule has 0 saturated carbocycles. The van der Waals surface area contributed by atoms with Crippen LogP contribution in [0, 0.1) is 17.5 Å². The van der Waals surface area contributed by atoms with Crippen LogP contribution in [0.4, 0.5) is 18.9 Å². The number of para-hydroxylation sites is 1. The van der Waals surface area contributed by atoms with Crippen LogP contribution in [-0.2, 0) is 21.4 Å². The molecule has 1 saturated heterocycles. The third-order valence-corrected chi connectivity index (χ3v) is 7.50. The number of likely N-dealkylation sites (tertiary alicyclic amines) is 1. The van der Waals surface area contributed by atoms with Gasteiger partial charge in [-0.05, 0) is 47.9 Å². The molecular weight excluding hydrogens is 483 g/mol. The fourth-order valence-electron chi connectivity index (χ4n) is 5.93. The second-order valence-corrected chi connectivity index (χ2v) is 9.37. The molecule has 4 aromatic rings. The summed E-state index contributed by atoms with van der Waals surface area (Å²) in [6.45, 7) is 0.302. The minimum Gasteiger partial charge on any atom is -0.464 e. The molecule has 2 aliphatic heterocycles. The number of rotatable bonds is 4. The monoisotopic (exact) mass is 505 g/mol. The number of aromatic nitrogens is 1. The molecule has 1 fully saturated rings. The Morgan fingerprint density at radius 2 is 1.81 bits per heavy atom.